The second-order valence-corrected chi connectivity index (χ2v) is 8.64. The molecule has 0 atom stereocenters. The van der Waals surface area contributed by atoms with Crippen molar-refractivity contribution in [1.82, 2.24) is 19.8 Å². The van der Waals surface area contributed by atoms with Crippen molar-refractivity contribution in [3.8, 4) is 0 Å². The van der Waals surface area contributed by atoms with Crippen LogP contribution in [0.4, 0.5) is 4.39 Å². The Bertz CT molecular complexity index is 1070. The van der Waals surface area contributed by atoms with Gasteiger partial charge in [-0.15, -0.1) is 0 Å². The lowest BCUT2D eigenvalue weighted by Crippen LogP contribution is -2.36. The topological polar surface area (TPSA) is 58.6 Å². The highest BCUT2D eigenvalue weighted by Crippen LogP contribution is 2.26. The number of nitrogens with zero attached hydrogens (tertiary/aromatic N) is 4. The minimum Gasteiger partial charge on any atom is -0.379 e. The van der Waals surface area contributed by atoms with Crippen molar-refractivity contribution in [3.63, 3.8) is 0 Å². The van der Waals surface area contributed by atoms with Crippen LogP contribution < -0.4 is 0 Å². The molecule has 1 aliphatic rings. The van der Waals surface area contributed by atoms with Crippen molar-refractivity contribution < 1.29 is 13.9 Å². The molecule has 1 aliphatic heterocycles. The normalized spacial score (nSPS) is 14.6. The standard InChI is InChI=1S/C24H27FN4O2S/c1-2-29(15-18-6-5-7-19(25)14-18)23(30)17-32-24-20-8-3-4-9-21(20)26-22(27-24)16-28-10-12-31-13-11-28/h3-9,14H,2,10-13,15-17H2,1H3. The first-order valence-corrected chi connectivity index (χ1v) is 11.8. The summed E-state index contributed by atoms with van der Waals surface area (Å²) >= 11 is 1.43. The summed E-state index contributed by atoms with van der Waals surface area (Å²) in [6.07, 6.45) is 0. The molecule has 0 radical (unpaired) electrons. The van der Waals surface area contributed by atoms with Gasteiger partial charge in [0.15, 0.2) is 0 Å². The Morgan fingerprint density at radius 3 is 2.75 bits per heavy atom. The minimum atomic E-state index is -0.291. The molecule has 0 N–H and O–H groups in total. The third-order valence-corrected chi connectivity index (χ3v) is 6.39. The van der Waals surface area contributed by atoms with E-state index in [9.17, 15) is 9.18 Å². The van der Waals surface area contributed by atoms with Crippen LogP contribution >= 0.6 is 11.8 Å². The van der Waals surface area contributed by atoms with Gasteiger partial charge in [0.1, 0.15) is 16.7 Å². The highest BCUT2D eigenvalue weighted by molar-refractivity contribution is 8.00. The van der Waals surface area contributed by atoms with Crippen molar-refractivity contribution in [2.24, 2.45) is 0 Å². The molecule has 6 nitrogen and oxygen atoms in total. The summed E-state index contributed by atoms with van der Waals surface area (Å²) in [6.45, 7) is 6.72. The van der Waals surface area contributed by atoms with E-state index < -0.39 is 0 Å². The zero-order valence-corrected chi connectivity index (χ0v) is 19.0. The van der Waals surface area contributed by atoms with E-state index >= 15 is 0 Å². The molecule has 0 saturated carbocycles. The predicted octanol–water partition coefficient (Wildman–Crippen LogP) is 3.74. The Labute approximate surface area is 191 Å². The summed E-state index contributed by atoms with van der Waals surface area (Å²) in [5.74, 6) is 0.730. The molecule has 168 valence electrons. The first-order valence-electron chi connectivity index (χ1n) is 10.8. The molecule has 0 bridgehead atoms. The number of hydrogen-bond acceptors (Lipinski definition) is 6. The summed E-state index contributed by atoms with van der Waals surface area (Å²) in [7, 11) is 0. The van der Waals surface area contributed by atoms with E-state index in [1.54, 1.807) is 11.0 Å². The third-order valence-electron chi connectivity index (χ3n) is 5.41. The number of halogens is 1. The number of aromatic nitrogens is 2. The van der Waals surface area contributed by atoms with Crippen molar-refractivity contribution in [1.29, 1.82) is 0 Å². The molecule has 0 aliphatic carbocycles. The van der Waals surface area contributed by atoms with E-state index in [0.29, 0.717) is 19.6 Å². The molecule has 1 amide bonds. The maximum Gasteiger partial charge on any atom is 0.233 e. The molecule has 3 aromatic rings. The number of fused-ring (bicyclic) bond motifs is 1. The van der Waals surface area contributed by atoms with Crippen LogP contribution in [0.1, 0.15) is 18.3 Å². The Morgan fingerprint density at radius 1 is 1.16 bits per heavy atom. The Hall–Kier alpha value is -2.55. The predicted molar refractivity (Wildman–Crippen MR) is 124 cm³/mol. The number of benzene rings is 2. The van der Waals surface area contributed by atoms with Gasteiger partial charge in [-0.05, 0) is 30.7 Å². The van der Waals surface area contributed by atoms with E-state index in [0.717, 1.165) is 53.6 Å². The van der Waals surface area contributed by atoms with Gasteiger partial charge in [0.25, 0.3) is 0 Å². The lowest BCUT2D eigenvalue weighted by Gasteiger charge is -2.26. The van der Waals surface area contributed by atoms with Gasteiger partial charge < -0.3 is 9.64 Å². The molecule has 0 unspecified atom stereocenters. The van der Waals surface area contributed by atoms with Crippen molar-refractivity contribution in [2.45, 2.75) is 25.0 Å². The Kier molecular flexibility index (Phi) is 7.68. The molecule has 4 rings (SSSR count). The summed E-state index contributed by atoms with van der Waals surface area (Å²) in [6, 6.07) is 14.3. The van der Waals surface area contributed by atoms with Crippen LogP contribution in [0.3, 0.4) is 0 Å². The average Bonchev–Trinajstić information content (AvgIpc) is 2.81. The van der Waals surface area contributed by atoms with Gasteiger partial charge in [-0.2, -0.15) is 0 Å². The van der Waals surface area contributed by atoms with E-state index in [2.05, 4.69) is 4.90 Å². The van der Waals surface area contributed by atoms with Gasteiger partial charge in [0.2, 0.25) is 5.91 Å². The maximum absolute atomic E-state index is 13.5. The number of hydrogen-bond donors (Lipinski definition) is 0. The van der Waals surface area contributed by atoms with Crippen molar-refractivity contribution >= 4 is 28.6 Å². The number of ether oxygens (including phenoxy) is 1. The van der Waals surface area contributed by atoms with E-state index in [4.69, 9.17) is 14.7 Å². The van der Waals surface area contributed by atoms with Gasteiger partial charge in [-0.3, -0.25) is 9.69 Å². The van der Waals surface area contributed by atoms with E-state index in [1.165, 1.54) is 23.9 Å². The molecule has 1 saturated heterocycles. The highest BCUT2D eigenvalue weighted by Gasteiger charge is 2.17. The molecule has 32 heavy (non-hydrogen) atoms. The van der Waals surface area contributed by atoms with Crippen LogP contribution in [0.15, 0.2) is 53.6 Å². The Balaban J connectivity index is 1.47. The fraction of sp³-hybridized carbons (Fsp3) is 0.375. The summed E-state index contributed by atoms with van der Waals surface area (Å²) < 4.78 is 18.9. The number of morpholine rings is 1. The number of thioether (sulfide) groups is 1. The molecule has 0 spiro atoms. The number of para-hydroxylation sites is 1. The highest BCUT2D eigenvalue weighted by atomic mass is 32.2. The zero-order valence-electron chi connectivity index (χ0n) is 18.2. The average molecular weight is 455 g/mol. The molecule has 8 heteroatoms. The third kappa shape index (κ3) is 5.82. The van der Waals surface area contributed by atoms with Gasteiger partial charge in [-0.1, -0.05) is 42.1 Å². The van der Waals surface area contributed by atoms with Crippen LogP contribution in [0.25, 0.3) is 10.9 Å². The largest absolute Gasteiger partial charge is 0.379 e. The van der Waals surface area contributed by atoms with E-state index in [1.807, 2.05) is 37.3 Å². The smallest absolute Gasteiger partial charge is 0.233 e. The van der Waals surface area contributed by atoms with Crippen LogP contribution in [0.2, 0.25) is 0 Å². The molecule has 2 aromatic carbocycles. The first kappa shape index (κ1) is 22.6. The van der Waals surface area contributed by atoms with Crippen LogP contribution in [-0.4, -0.2) is 64.3 Å². The zero-order chi connectivity index (χ0) is 22.3. The quantitative estimate of drug-likeness (QED) is 0.382. The first-order chi connectivity index (χ1) is 15.6. The fourth-order valence-electron chi connectivity index (χ4n) is 3.69. The molecule has 1 fully saturated rings. The van der Waals surface area contributed by atoms with Gasteiger partial charge in [0, 0.05) is 31.6 Å². The monoisotopic (exact) mass is 454 g/mol. The second kappa shape index (κ2) is 10.8. The van der Waals surface area contributed by atoms with Crippen molar-refractivity contribution in [2.75, 3.05) is 38.6 Å². The number of carbonyl (C=O) groups is 1. The number of amides is 1. The summed E-state index contributed by atoms with van der Waals surface area (Å²) in [5.41, 5.74) is 1.67. The Morgan fingerprint density at radius 2 is 1.97 bits per heavy atom. The summed E-state index contributed by atoms with van der Waals surface area (Å²) in [4.78, 5) is 26.5. The van der Waals surface area contributed by atoms with Crippen LogP contribution in [-0.2, 0) is 22.6 Å². The van der Waals surface area contributed by atoms with E-state index in [-0.39, 0.29) is 17.5 Å². The van der Waals surface area contributed by atoms with Gasteiger partial charge in [-0.25, -0.2) is 14.4 Å². The SMILES string of the molecule is CCN(Cc1cccc(F)c1)C(=O)CSc1nc(CN2CCOCC2)nc2ccccc12. The lowest BCUT2D eigenvalue weighted by molar-refractivity contribution is -0.128. The lowest BCUT2D eigenvalue weighted by atomic mass is 10.2. The minimum absolute atomic E-state index is 0.000756. The summed E-state index contributed by atoms with van der Waals surface area (Å²) in [5, 5.41) is 1.76. The second-order valence-electron chi connectivity index (χ2n) is 7.68. The molecular weight excluding hydrogens is 427 g/mol. The number of rotatable bonds is 8. The molecule has 2 heterocycles. The molecular formula is C24H27FN4O2S. The fourth-order valence-corrected chi connectivity index (χ4v) is 4.63. The van der Waals surface area contributed by atoms with Crippen LogP contribution in [0, 0.1) is 5.82 Å². The van der Waals surface area contributed by atoms with Crippen molar-refractivity contribution in [3.05, 3.63) is 65.7 Å². The maximum atomic E-state index is 13.5. The van der Waals surface area contributed by atoms with Gasteiger partial charge >= 0.3 is 0 Å². The molecule has 1 aromatic heterocycles. The van der Waals surface area contributed by atoms with Gasteiger partial charge in [0.05, 0.1) is 31.0 Å². The number of carbonyl (C=O) groups excluding carboxylic acids is 1. The van der Waals surface area contributed by atoms with Crippen LogP contribution in [0.5, 0.6) is 0 Å².